The molecule has 4 heteroatoms. The van der Waals surface area contributed by atoms with Gasteiger partial charge in [0.2, 0.25) is 0 Å². The van der Waals surface area contributed by atoms with Gasteiger partial charge in [0.15, 0.2) is 0 Å². The van der Waals surface area contributed by atoms with Crippen LogP contribution in [-0.4, -0.2) is 31.8 Å². The molecule has 2 rings (SSSR count). The van der Waals surface area contributed by atoms with E-state index in [0.717, 1.165) is 0 Å². The smallest absolute Gasteiger partial charge is 0.307 e. The van der Waals surface area contributed by atoms with Gasteiger partial charge >= 0.3 is 5.97 Å². The normalized spacial score (nSPS) is 27.8. The van der Waals surface area contributed by atoms with Gasteiger partial charge in [0.05, 0.1) is 32.3 Å². The summed E-state index contributed by atoms with van der Waals surface area (Å²) in [6.45, 7) is 2.60. The van der Waals surface area contributed by atoms with Crippen molar-refractivity contribution in [2.45, 2.75) is 31.5 Å². The van der Waals surface area contributed by atoms with Crippen LogP contribution in [0, 0.1) is 0 Å². The van der Waals surface area contributed by atoms with Crippen molar-refractivity contribution >= 4 is 5.97 Å². The summed E-state index contributed by atoms with van der Waals surface area (Å²) in [7, 11) is 1.41. The van der Waals surface area contributed by atoms with Crippen molar-refractivity contribution < 1.29 is 14.3 Å². The van der Waals surface area contributed by atoms with Crippen LogP contribution in [0.5, 0.6) is 0 Å². The fourth-order valence-electron chi connectivity index (χ4n) is 2.17. The summed E-state index contributed by atoms with van der Waals surface area (Å²) >= 11 is 0. The molecule has 98 valence electrons. The lowest BCUT2D eigenvalue weighted by Gasteiger charge is -2.35. The molecule has 0 amide bonds. The topological polar surface area (TPSA) is 47.6 Å². The molecular weight excluding hydrogens is 230 g/mol. The zero-order chi connectivity index (χ0) is 13.0. The van der Waals surface area contributed by atoms with Crippen LogP contribution in [0.25, 0.3) is 0 Å². The van der Waals surface area contributed by atoms with Crippen molar-refractivity contribution in [2.24, 2.45) is 0 Å². The SMILES string of the molecule is COC(=O)C[C@@H]1N[C@H](c2ccccc2)CO[C@@H]1C. The zero-order valence-corrected chi connectivity index (χ0v) is 10.8. The molecule has 0 aromatic heterocycles. The van der Waals surface area contributed by atoms with Gasteiger partial charge in [-0.15, -0.1) is 0 Å². The quantitative estimate of drug-likeness (QED) is 0.828. The van der Waals surface area contributed by atoms with Crippen molar-refractivity contribution in [3.05, 3.63) is 35.9 Å². The molecule has 0 radical (unpaired) electrons. The first-order valence-electron chi connectivity index (χ1n) is 6.20. The lowest BCUT2D eigenvalue weighted by molar-refractivity contribution is -0.143. The first kappa shape index (κ1) is 13.1. The summed E-state index contributed by atoms with van der Waals surface area (Å²) in [5.41, 5.74) is 1.18. The third-order valence-corrected chi connectivity index (χ3v) is 3.32. The zero-order valence-electron chi connectivity index (χ0n) is 10.8. The van der Waals surface area contributed by atoms with E-state index in [1.165, 1.54) is 12.7 Å². The van der Waals surface area contributed by atoms with Crippen LogP contribution in [0.3, 0.4) is 0 Å². The minimum Gasteiger partial charge on any atom is -0.469 e. The summed E-state index contributed by atoms with van der Waals surface area (Å²) in [6, 6.07) is 10.3. The maximum Gasteiger partial charge on any atom is 0.307 e. The molecule has 1 aliphatic heterocycles. The third kappa shape index (κ3) is 3.09. The Hall–Kier alpha value is -1.39. The molecule has 1 N–H and O–H groups in total. The highest BCUT2D eigenvalue weighted by Gasteiger charge is 2.30. The lowest BCUT2D eigenvalue weighted by Crippen LogP contribution is -2.49. The van der Waals surface area contributed by atoms with E-state index in [0.29, 0.717) is 13.0 Å². The van der Waals surface area contributed by atoms with E-state index in [-0.39, 0.29) is 24.2 Å². The number of methoxy groups -OCH3 is 1. The third-order valence-electron chi connectivity index (χ3n) is 3.32. The fourth-order valence-corrected chi connectivity index (χ4v) is 2.17. The predicted octanol–water partition coefficient (Wildman–Crippen LogP) is 1.67. The number of morpholine rings is 1. The summed E-state index contributed by atoms with van der Waals surface area (Å²) in [5, 5.41) is 3.46. The second kappa shape index (κ2) is 5.98. The van der Waals surface area contributed by atoms with Gasteiger partial charge in [-0.2, -0.15) is 0 Å². The highest BCUT2D eigenvalue weighted by Crippen LogP contribution is 2.22. The average molecular weight is 249 g/mol. The Labute approximate surface area is 107 Å². The molecule has 1 aliphatic rings. The number of ether oxygens (including phenoxy) is 2. The summed E-state index contributed by atoms with van der Waals surface area (Å²) in [6.07, 6.45) is 0.352. The number of carbonyl (C=O) groups excluding carboxylic acids is 1. The van der Waals surface area contributed by atoms with Crippen molar-refractivity contribution in [1.82, 2.24) is 5.32 Å². The minimum atomic E-state index is -0.211. The van der Waals surface area contributed by atoms with Gasteiger partial charge in [-0.1, -0.05) is 30.3 Å². The van der Waals surface area contributed by atoms with E-state index in [1.54, 1.807) is 0 Å². The van der Waals surface area contributed by atoms with E-state index in [9.17, 15) is 4.79 Å². The number of nitrogens with one attached hydrogen (secondary N) is 1. The standard InChI is InChI=1S/C14H19NO3/c1-10-12(8-14(16)17-2)15-13(9-18-10)11-6-4-3-5-7-11/h3-7,10,12-13,15H,8-9H2,1-2H3/t10-,12+,13+/m1/s1. The second-order valence-electron chi connectivity index (χ2n) is 4.56. The van der Waals surface area contributed by atoms with Crippen LogP contribution in [0.4, 0.5) is 0 Å². The van der Waals surface area contributed by atoms with Crippen LogP contribution in [0.1, 0.15) is 24.9 Å². The van der Waals surface area contributed by atoms with Crippen LogP contribution in [0.2, 0.25) is 0 Å². The molecule has 0 spiro atoms. The fraction of sp³-hybridized carbons (Fsp3) is 0.500. The maximum atomic E-state index is 11.4. The van der Waals surface area contributed by atoms with Gasteiger partial charge in [0, 0.05) is 6.04 Å². The van der Waals surface area contributed by atoms with E-state index in [1.807, 2.05) is 25.1 Å². The molecular formula is C14H19NO3. The number of carbonyl (C=O) groups is 1. The van der Waals surface area contributed by atoms with Crippen molar-refractivity contribution in [2.75, 3.05) is 13.7 Å². The highest BCUT2D eigenvalue weighted by atomic mass is 16.5. The largest absolute Gasteiger partial charge is 0.469 e. The van der Waals surface area contributed by atoms with Gasteiger partial charge in [-0.05, 0) is 12.5 Å². The molecule has 0 aliphatic carbocycles. The van der Waals surface area contributed by atoms with Gasteiger partial charge in [-0.3, -0.25) is 4.79 Å². The number of esters is 1. The monoisotopic (exact) mass is 249 g/mol. The van der Waals surface area contributed by atoms with E-state index in [2.05, 4.69) is 17.4 Å². The number of benzene rings is 1. The van der Waals surface area contributed by atoms with E-state index < -0.39 is 0 Å². The molecule has 4 nitrogen and oxygen atoms in total. The molecule has 0 bridgehead atoms. The molecule has 1 fully saturated rings. The Morgan fingerprint density at radius 3 is 2.83 bits per heavy atom. The molecule has 1 saturated heterocycles. The van der Waals surface area contributed by atoms with Crippen molar-refractivity contribution in [3.8, 4) is 0 Å². The molecule has 3 atom stereocenters. The van der Waals surface area contributed by atoms with Crippen LogP contribution >= 0.6 is 0 Å². The summed E-state index contributed by atoms with van der Waals surface area (Å²) in [4.78, 5) is 11.4. The van der Waals surface area contributed by atoms with Crippen LogP contribution in [-0.2, 0) is 14.3 Å². The number of hydrogen-bond donors (Lipinski definition) is 1. The maximum absolute atomic E-state index is 11.4. The number of rotatable bonds is 3. The Bertz CT molecular complexity index is 393. The van der Waals surface area contributed by atoms with Gasteiger partial charge in [0.1, 0.15) is 0 Å². The predicted molar refractivity (Wildman–Crippen MR) is 68.2 cm³/mol. The molecule has 18 heavy (non-hydrogen) atoms. The van der Waals surface area contributed by atoms with E-state index in [4.69, 9.17) is 9.47 Å². The van der Waals surface area contributed by atoms with Gasteiger partial charge in [-0.25, -0.2) is 0 Å². The average Bonchev–Trinajstić information content (AvgIpc) is 2.42. The van der Waals surface area contributed by atoms with Crippen LogP contribution in [0.15, 0.2) is 30.3 Å². The second-order valence-corrected chi connectivity index (χ2v) is 4.56. The Morgan fingerprint density at radius 1 is 1.44 bits per heavy atom. The van der Waals surface area contributed by atoms with E-state index >= 15 is 0 Å². The summed E-state index contributed by atoms with van der Waals surface area (Å²) in [5.74, 6) is -0.211. The lowest BCUT2D eigenvalue weighted by atomic mass is 10.0. The molecule has 1 aromatic rings. The number of hydrogen-bond acceptors (Lipinski definition) is 4. The summed E-state index contributed by atoms with van der Waals surface area (Å²) < 4.78 is 10.4. The molecule has 0 unspecified atom stereocenters. The minimum absolute atomic E-state index is 0.00333. The van der Waals surface area contributed by atoms with Gasteiger partial charge < -0.3 is 14.8 Å². The Morgan fingerprint density at radius 2 is 2.17 bits per heavy atom. The Kier molecular flexibility index (Phi) is 4.33. The highest BCUT2D eigenvalue weighted by molar-refractivity contribution is 5.70. The first-order valence-corrected chi connectivity index (χ1v) is 6.20. The van der Waals surface area contributed by atoms with Crippen molar-refractivity contribution in [1.29, 1.82) is 0 Å². The van der Waals surface area contributed by atoms with Crippen molar-refractivity contribution in [3.63, 3.8) is 0 Å². The molecule has 0 saturated carbocycles. The van der Waals surface area contributed by atoms with Gasteiger partial charge in [0.25, 0.3) is 0 Å². The molecule has 1 aromatic carbocycles. The Balaban J connectivity index is 2.02. The van der Waals surface area contributed by atoms with Crippen LogP contribution < -0.4 is 5.32 Å². The molecule has 1 heterocycles. The first-order chi connectivity index (χ1) is 8.70.